The molecule has 1 aliphatic carbocycles. The number of fused-ring (bicyclic) bond motifs is 3. The number of nitrogens with one attached hydrogen (secondary N) is 1. The van der Waals surface area contributed by atoms with E-state index in [0.717, 1.165) is 6.42 Å². The molecule has 126 valence electrons. The van der Waals surface area contributed by atoms with Crippen molar-refractivity contribution < 1.29 is 19.4 Å². The van der Waals surface area contributed by atoms with Crippen molar-refractivity contribution in [2.45, 2.75) is 15.7 Å². The Balaban J connectivity index is 0.00000104. The van der Waals surface area contributed by atoms with Crippen LogP contribution in [0, 0.1) is 0 Å². The zero-order valence-electron chi connectivity index (χ0n) is 14.0. The van der Waals surface area contributed by atoms with E-state index < -0.39 is 19.4 Å². The molecule has 0 radical (unpaired) electrons. The summed E-state index contributed by atoms with van der Waals surface area (Å²) >= 11 is -2.14. The first kappa shape index (κ1) is 19.7. The Morgan fingerprint density at radius 3 is 2.38 bits per heavy atom. The van der Waals surface area contributed by atoms with Crippen molar-refractivity contribution in [2.24, 2.45) is 0 Å². The van der Waals surface area contributed by atoms with Crippen LogP contribution in [-0.4, -0.2) is 11.6 Å². The standard InChI is InChI=1S/C13H11Si.C4H4N.2CH3.2ClH.Zr/c14-13-7-3-6-11-10-5-2-1-4-9(10)8-12(11)13;1-2-4-5-3-1;;;;;/h1-7H,8,14H2;1-3,5H;2*1H3;2*1H;. The van der Waals surface area contributed by atoms with Crippen molar-refractivity contribution in [3.63, 3.8) is 0 Å². The fourth-order valence-electron chi connectivity index (χ4n) is 3.71. The molecular weight excluding hydrogens is 432 g/mol. The molecule has 1 aromatic heterocycles. The third-order valence-electron chi connectivity index (χ3n) is 4.91. The molecule has 4 rings (SSSR count). The second-order valence-corrected chi connectivity index (χ2v) is 31.7. The van der Waals surface area contributed by atoms with Crippen molar-refractivity contribution in [1.29, 1.82) is 0 Å². The van der Waals surface area contributed by atoms with E-state index in [2.05, 4.69) is 75.0 Å². The first-order valence-electron chi connectivity index (χ1n) is 7.98. The summed E-state index contributed by atoms with van der Waals surface area (Å²) in [6, 6.07) is 20.4. The van der Waals surface area contributed by atoms with E-state index in [1.54, 1.807) is 14.2 Å². The molecule has 1 heterocycles. The molecule has 2 aromatic carbocycles. The maximum atomic E-state index is 3.51. The zero-order valence-corrected chi connectivity index (χ0v) is 19.5. The summed E-state index contributed by atoms with van der Waals surface area (Å²) in [5, 5.41) is 1.71. The number of benzene rings is 2. The van der Waals surface area contributed by atoms with Gasteiger partial charge in [-0.3, -0.25) is 0 Å². The topological polar surface area (TPSA) is 15.8 Å². The summed E-state index contributed by atoms with van der Waals surface area (Å²) in [4.78, 5) is 3.51. The molecule has 0 spiro atoms. The van der Waals surface area contributed by atoms with Crippen molar-refractivity contribution in [1.82, 2.24) is 4.98 Å². The van der Waals surface area contributed by atoms with Gasteiger partial charge in [0.2, 0.25) is 0 Å². The first-order chi connectivity index (χ1) is 10.6. The van der Waals surface area contributed by atoms with E-state index >= 15 is 0 Å². The summed E-state index contributed by atoms with van der Waals surface area (Å²) in [5.41, 5.74) is 6.09. The van der Waals surface area contributed by atoms with Gasteiger partial charge in [0.25, 0.3) is 0 Å². The summed E-state index contributed by atoms with van der Waals surface area (Å²) in [5.74, 6) is 0. The van der Waals surface area contributed by atoms with Gasteiger partial charge in [0.1, 0.15) is 0 Å². The number of aromatic nitrogens is 1. The SMILES string of the molecule is Cl.Cl.[CH3][Zr]([CH3])([SiH2]c1cccc2c1Cc1ccccc1-2)[c]1ccc[nH]1. The summed E-state index contributed by atoms with van der Waals surface area (Å²) < 4.78 is 6.76. The van der Waals surface area contributed by atoms with Gasteiger partial charge in [0, 0.05) is 0 Å². The number of halogens is 2. The molecule has 3 aromatic rings. The summed E-state index contributed by atoms with van der Waals surface area (Å²) in [7, 11) is 0. The number of hydrogen-bond donors (Lipinski definition) is 1. The number of hydrogen-bond acceptors (Lipinski definition) is 0. The Labute approximate surface area is 162 Å². The first-order valence-corrected chi connectivity index (χ1v) is 20.8. The average molecular weight is 456 g/mol. The number of rotatable bonds is 3. The van der Waals surface area contributed by atoms with Gasteiger partial charge in [0.15, 0.2) is 0 Å². The van der Waals surface area contributed by atoms with E-state index in [1.165, 1.54) is 16.7 Å². The molecule has 1 N–H and O–H groups in total. The summed E-state index contributed by atoms with van der Waals surface area (Å²) in [6.07, 6.45) is 3.23. The van der Waals surface area contributed by atoms with Crippen LogP contribution in [0.15, 0.2) is 60.8 Å². The van der Waals surface area contributed by atoms with Gasteiger partial charge < -0.3 is 0 Å². The quantitative estimate of drug-likeness (QED) is 0.454. The van der Waals surface area contributed by atoms with Gasteiger partial charge >= 0.3 is 138 Å². The van der Waals surface area contributed by atoms with Crippen molar-refractivity contribution >= 4 is 40.0 Å². The average Bonchev–Trinajstić information content (AvgIpc) is 3.15. The molecule has 0 unspecified atom stereocenters. The molecule has 0 bridgehead atoms. The Morgan fingerprint density at radius 2 is 1.62 bits per heavy atom. The van der Waals surface area contributed by atoms with E-state index in [4.69, 9.17) is 0 Å². The zero-order chi connectivity index (χ0) is 15.2. The minimum absolute atomic E-state index is 0. The third-order valence-corrected chi connectivity index (χ3v) is 22.8. The van der Waals surface area contributed by atoms with Crippen LogP contribution >= 0.6 is 24.8 Å². The van der Waals surface area contributed by atoms with E-state index in [1.807, 2.05) is 0 Å². The molecule has 0 atom stereocenters. The van der Waals surface area contributed by atoms with Gasteiger partial charge in [-0.25, -0.2) is 0 Å². The molecule has 0 aliphatic heterocycles. The fourth-order valence-corrected chi connectivity index (χ4v) is 20.3. The van der Waals surface area contributed by atoms with Crippen LogP contribution in [0.5, 0.6) is 0 Å². The van der Waals surface area contributed by atoms with Crippen LogP contribution in [0.25, 0.3) is 11.1 Å². The van der Waals surface area contributed by atoms with E-state index in [0.29, 0.717) is 0 Å². The van der Waals surface area contributed by atoms with Gasteiger partial charge in [-0.05, 0) is 0 Å². The molecule has 0 saturated heterocycles. The van der Waals surface area contributed by atoms with Crippen LogP contribution in [0.1, 0.15) is 11.1 Å². The van der Waals surface area contributed by atoms with E-state index in [-0.39, 0.29) is 31.5 Å². The summed E-state index contributed by atoms with van der Waals surface area (Å²) in [6.45, 7) is -0.210. The van der Waals surface area contributed by atoms with Gasteiger partial charge in [-0.15, -0.1) is 24.8 Å². The molecular formula is C19H23Cl2NSiZr. The number of aromatic amines is 1. The van der Waals surface area contributed by atoms with Crippen LogP contribution in [0.3, 0.4) is 0 Å². The fraction of sp³-hybridized carbons (Fsp3) is 0.158. The van der Waals surface area contributed by atoms with Gasteiger partial charge in [0.05, 0.1) is 0 Å². The van der Waals surface area contributed by atoms with Crippen LogP contribution in [0.2, 0.25) is 9.26 Å². The molecule has 5 heteroatoms. The Morgan fingerprint density at radius 1 is 0.875 bits per heavy atom. The number of H-pyrrole nitrogens is 1. The van der Waals surface area contributed by atoms with Crippen molar-refractivity contribution in [2.75, 3.05) is 0 Å². The monoisotopic (exact) mass is 453 g/mol. The molecule has 0 fully saturated rings. The van der Waals surface area contributed by atoms with E-state index in [9.17, 15) is 0 Å². The molecule has 1 aliphatic rings. The van der Waals surface area contributed by atoms with Crippen molar-refractivity contribution in [3.8, 4) is 11.1 Å². The Kier molecular flexibility index (Phi) is 6.36. The Bertz CT molecular complexity index is 831. The second kappa shape index (κ2) is 7.74. The van der Waals surface area contributed by atoms with Crippen molar-refractivity contribution in [3.05, 3.63) is 71.9 Å². The predicted molar refractivity (Wildman–Crippen MR) is 110 cm³/mol. The van der Waals surface area contributed by atoms with Gasteiger partial charge in [-0.1, -0.05) is 0 Å². The third kappa shape index (κ3) is 3.51. The molecule has 0 saturated carbocycles. The van der Waals surface area contributed by atoms with Crippen LogP contribution in [-0.2, 0) is 25.8 Å². The van der Waals surface area contributed by atoms with Gasteiger partial charge in [-0.2, -0.15) is 0 Å². The van der Waals surface area contributed by atoms with Crippen LogP contribution < -0.4 is 8.59 Å². The minimum atomic E-state index is -2.14. The second-order valence-electron chi connectivity index (χ2n) is 6.92. The van der Waals surface area contributed by atoms with Crippen LogP contribution in [0.4, 0.5) is 0 Å². The molecule has 24 heavy (non-hydrogen) atoms. The molecule has 1 nitrogen and oxygen atoms in total. The maximum absolute atomic E-state index is 3.51. The predicted octanol–water partition coefficient (Wildman–Crippen LogP) is 3.71. The normalized spacial score (nSPS) is 12.4. The molecule has 0 amide bonds. The Hall–Kier alpha value is -0.600.